The summed E-state index contributed by atoms with van der Waals surface area (Å²) >= 11 is 5.61. The lowest BCUT2D eigenvalue weighted by Gasteiger charge is -2.04. The molecule has 0 unspecified atom stereocenters. The van der Waals surface area contributed by atoms with E-state index in [2.05, 4.69) is 15.4 Å². The van der Waals surface area contributed by atoms with Gasteiger partial charge in [0.15, 0.2) is 11.6 Å². The predicted octanol–water partition coefficient (Wildman–Crippen LogP) is 2.66. The highest BCUT2D eigenvalue weighted by Crippen LogP contribution is 2.21. The summed E-state index contributed by atoms with van der Waals surface area (Å²) < 4.78 is 15.1. The van der Waals surface area contributed by atoms with Crippen molar-refractivity contribution in [1.29, 1.82) is 0 Å². The zero-order valence-corrected chi connectivity index (χ0v) is 9.59. The highest BCUT2D eigenvalue weighted by molar-refractivity contribution is 6.30. The summed E-state index contributed by atoms with van der Waals surface area (Å²) in [7, 11) is 1.80. The van der Waals surface area contributed by atoms with Crippen LogP contribution in [0.4, 0.5) is 15.9 Å². The molecule has 0 radical (unpaired) electrons. The van der Waals surface area contributed by atoms with Gasteiger partial charge in [-0.25, -0.2) is 9.37 Å². The maximum Gasteiger partial charge on any atom is 0.167 e. The Bertz CT molecular complexity index is 524. The summed E-state index contributed by atoms with van der Waals surface area (Å²) in [6.45, 7) is 1.83. The Kier molecular flexibility index (Phi) is 2.78. The van der Waals surface area contributed by atoms with Crippen LogP contribution in [-0.2, 0) is 7.05 Å². The third kappa shape index (κ3) is 2.14. The first-order chi connectivity index (χ1) is 7.56. The van der Waals surface area contributed by atoms with Gasteiger partial charge in [0.2, 0.25) is 0 Å². The molecule has 0 atom stereocenters. The molecule has 0 saturated heterocycles. The molecule has 0 aliphatic carbocycles. The monoisotopic (exact) mass is 240 g/mol. The standard InChI is InChI=1S/C10H10ClFN4/c1-6-9(5-16(2)15-6)14-10-8(12)3-7(11)4-13-10/h3-5H,1-2H3,(H,13,14). The maximum atomic E-state index is 13.4. The van der Waals surface area contributed by atoms with E-state index < -0.39 is 5.82 Å². The van der Waals surface area contributed by atoms with Crippen molar-refractivity contribution in [3.05, 3.63) is 35.0 Å². The Morgan fingerprint density at radius 1 is 1.50 bits per heavy atom. The van der Waals surface area contributed by atoms with Crippen LogP contribution in [0.2, 0.25) is 5.02 Å². The number of aromatic nitrogens is 3. The van der Waals surface area contributed by atoms with Crippen molar-refractivity contribution >= 4 is 23.1 Å². The number of aryl methyl sites for hydroxylation is 2. The van der Waals surface area contributed by atoms with E-state index in [0.717, 1.165) is 11.4 Å². The number of hydrogen-bond donors (Lipinski definition) is 1. The maximum absolute atomic E-state index is 13.4. The van der Waals surface area contributed by atoms with Gasteiger partial charge < -0.3 is 5.32 Å². The van der Waals surface area contributed by atoms with Crippen LogP contribution in [0.5, 0.6) is 0 Å². The Morgan fingerprint density at radius 2 is 2.25 bits per heavy atom. The number of pyridine rings is 1. The first-order valence-corrected chi connectivity index (χ1v) is 5.02. The van der Waals surface area contributed by atoms with Gasteiger partial charge in [0.1, 0.15) is 0 Å². The largest absolute Gasteiger partial charge is 0.335 e. The average Bonchev–Trinajstić information content (AvgIpc) is 2.50. The van der Waals surface area contributed by atoms with E-state index in [1.165, 1.54) is 12.3 Å². The smallest absolute Gasteiger partial charge is 0.167 e. The second kappa shape index (κ2) is 4.09. The Balaban J connectivity index is 2.30. The van der Waals surface area contributed by atoms with Gasteiger partial charge >= 0.3 is 0 Å². The molecular weight excluding hydrogens is 231 g/mol. The van der Waals surface area contributed by atoms with E-state index in [9.17, 15) is 4.39 Å². The molecule has 2 heterocycles. The van der Waals surface area contributed by atoms with E-state index in [1.807, 2.05) is 6.92 Å². The molecule has 0 spiro atoms. The second-order valence-electron chi connectivity index (χ2n) is 3.41. The van der Waals surface area contributed by atoms with Crippen LogP contribution in [0.15, 0.2) is 18.5 Å². The van der Waals surface area contributed by atoms with E-state index >= 15 is 0 Å². The number of nitrogens with one attached hydrogen (secondary N) is 1. The molecule has 0 bridgehead atoms. The Morgan fingerprint density at radius 3 is 2.81 bits per heavy atom. The lowest BCUT2D eigenvalue weighted by Crippen LogP contribution is -1.97. The van der Waals surface area contributed by atoms with Crippen LogP contribution >= 0.6 is 11.6 Å². The summed E-state index contributed by atoms with van der Waals surface area (Å²) in [5.41, 5.74) is 1.50. The summed E-state index contributed by atoms with van der Waals surface area (Å²) in [6.07, 6.45) is 3.14. The average molecular weight is 241 g/mol. The van der Waals surface area contributed by atoms with Crippen LogP contribution in [0.3, 0.4) is 0 Å². The van der Waals surface area contributed by atoms with Crippen molar-refractivity contribution in [1.82, 2.24) is 14.8 Å². The highest BCUT2D eigenvalue weighted by atomic mass is 35.5. The second-order valence-corrected chi connectivity index (χ2v) is 3.85. The lowest BCUT2D eigenvalue weighted by molar-refractivity contribution is 0.626. The van der Waals surface area contributed by atoms with E-state index in [-0.39, 0.29) is 10.8 Å². The first-order valence-electron chi connectivity index (χ1n) is 4.64. The van der Waals surface area contributed by atoms with Crippen LogP contribution in [0.1, 0.15) is 5.69 Å². The number of anilines is 2. The SMILES string of the molecule is Cc1nn(C)cc1Nc1ncc(Cl)cc1F. The van der Waals surface area contributed by atoms with Gasteiger partial charge in [-0.2, -0.15) is 5.10 Å². The summed E-state index contributed by atoms with van der Waals surface area (Å²) in [6, 6.07) is 1.21. The molecular formula is C10H10ClFN4. The third-order valence-corrected chi connectivity index (χ3v) is 2.28. The van der Waals surface area contributed by atoms with Crippen LogP contribution in [-0.4, -0.2) is 14.8 Å². The predicted molar refractivity (Wildman–Crippen MR) is 60.4 cm³/mol. The first kappa shape index (κ1) is 10.9. The summed E-state index contributed by atoms with van der Waals surface area (Å²) in [5, 5.41) is 7.26. The minimum absolute atomic E-state index is 0.139. The van der Waals surface area contributed by atoms with Gasteiger partial charge in [-0.05, 0) is 13.0 Å². The van der Waals surface area contributed by atoms with E-state index in [1.54, 1.807) is 17.9 Å². The zero-order chi connectivity index (χ0) is 11.7. The molecule has 0 aromatic carbocycles. The number of hydrogen-bond acceptors (Lipinski definition) is 3. The molecule has 2 aromatic rings. The number of halogens is 2. The van der Waals surface area contributed by atoms with E-state index in [0.29, 0.717) is 0 Å². The van der Waals surface area contributed by atoms with Crippen molar-refractivity contribution in [2.24, 2.45) is 7.05 Å². The fourth-order valence-corrected chi connectivity index (χ4v) is 1.50. The molecule has 0 fully saturated rings. The number of nitrogens with zero attached hydrogens (tertiary/aromatic N) is 3. The van der Waals surface area contributed by atoms with Crippen molar-refractivity contribution in [3.8, 4) is 0 Å². The third-order valence-electron chi connectivity index (χ3n) is 2.07. The quantitative estimate of drug-likeness (QED) is 0.878. The molecule has 16 heavy (non-hydrogen) atoms. The van der Waals surface area contributed by atoms with E-state index in [4.69, 9.17) is 11.6 Å². The van der Waals surface area contributed by atoms with Crippen LogP contribution in [0.25, 0.3) is 0 Å². The zero-order valence-electron chi connectivity index (χ0n) is 8.83. The van der Waals surface area contributed by atoms with Gasteiger partial charge in [-0.15, -0.1) is 0 Å². The minimum atomic E-state index is -0.490. The normalized spacial score (nSPS) is 10.5. The van der Waals surface area contributed by atoms with Gasteiger partial charge in [0, 0.05) is 19.4 Å². The van der Waals surface area contributed by atoms with Gasteiger partial charge in [0.05, 0.1) is 16.4 Å². The molecule has 84 valence electrons. The van der Waals surface area contributed by atoms with Crippen LogP contribution < -0.4 is 5.32 Å². The summed E-state index contributed by atoms with van der Waals surface area (Å²) in [4.78, 5) is 3.87. The molecule has 0 aliphatic rings. The molecule has 0 amide bonds. The Hall–Kier alpha value is -1.62. The summed E-state index contributed by atoms with van der Waals surface area (Å²) in [5.74, 6) is -0.351. The molecule has 1 N–H and O–H groups in total. The topological polar surface area (TPSA) is 42.7 Å². The number of rotatable bonds is 2. The Labute approximate surface area is 97.1 Å². The van der Waals surface area contributed by atoms with Crippen molar-refractivity contribution in [3.63, 3.8) is 0 Å². The lowest BCUT2D eigenvalue weighted by atomic mass is 10.4. The molecule has 6 heteroatoms. The fourth-order valence-electron chi connectivity index (χ4n) is 1.36. The van der Waals surface area contributed by atoms with Crippen molar-refractivity contribution in [2.75, 3.05) is 5.32 Å². The minimum Gasteiger partial charge on any atom is -0.335 e. The molecule has 0 saturated carbocycles. The van der Waals surface area contributed by atoms with Gasteiger partial charge in [0.25, 0.3) is 0 Å². The van der Waals surface area contributed by atoms with Gasteiger partial charge in [-0.3, -0.25) is 4.68 Å². The molecule has 2 aromatic heterocycles. The fraction of sp³-hybridized carbons (Fsp3) is 0.200. The molecule has 2 rings (SSSR count). The molecule has 4 nitrogen and oxygen atoms in total. The highest BCUT2D eigenvalue weighted by Gasteiger charge is 2.08. The van der Waals surface area contributed by atoms with Crippen molar-refractivity contribution < 1.29 is 4.39 Å². The molecule has 0 aliphatic heterocycles. The van der Waals surface area contributed by atoms with Crippen molar-refractivity contribution in [2.45, 2.75) is 6.92 Å². The van der Waals surface area contributed by atoms with Crippen LogP contribution in [0, 0.1) is 12.7 Å². The van der Waals surface area contributed by atoms with Gasteiger partial charge in [-0.1, -0.05) is 11.6 Å².